The maximum Gasteiger partial charge on any atom is 0.230 e. The van der Waals surface area contributed by atoms with E-state index in [-0.39, 0.29) is 11.7 Å². The van der Waals surface area contributed by atoms with Crippen LogP contribution in [0.5, 0.6) is 0 Å². The van der Waals surface area contributed by atoms with Crippen LogP contribution >= 0.6 is 15.9 Å². The second kappa shape index (κ2) is 5.29. The fourth-order valence-electron chi connectivity index (χ4n) is 2.06. The molecule has 0 radical (unpaired) electrons. The quantitative estimate of drug-likeness (QED) is 0.732. The number of nitrogen functional groups attached to an aromatic ring is 1. The lowest BCUT2D eigenvalue weighted by molar-refractivity contribution is 0.439. The van der Waals surface area contributed by atoms with Gasteiger partial charge in [0.2, 0.25) is 5.88 Å². The van der Waals surface area contributed by atoms with E-state index in [1.54, 1.807) is 18.2 Å². The minimum Gasteiger partial charge on any atom is -0.367 e. The molecule has 3 nitrogen and oxygen atoms in total. The first-order valence-corrected chi connectivity index (χ1v) is 6.82. The second-order valence-electron chi connectivity index (χ2n) is 4.40. The summed E-state index contributed by atoms with van der Waals surface area (Å²) in [7, 11) is 0. The van der Waals surface area contributed by atoms with E-state index in [4.69, 9.17) is 10.3 Å². The van der Waals surface area contributed by atoms with Crippen LogP contribution in [0.25, 0.3) is 22.4 Å². The third kappa shape index (κ3) is 2.54. The molecule has 21 heavy (non-hydrogen) atoms. The summed E-state index contributed by atoms with van der Waals surface area (Å²) < 4.78 is 32.2. The molecule has 0 aliphatic carbocycles. The number of benzene rings is 2. The third-order valence-electron chi connectivity index (χ3n) is 3.03. The molecule has 2 aromatic carbocycles. The Morgan fingerprint density at radius 3 is 2.38 bits per heavy atom. The summed E-state index contributed by atoms with van der Waals surface area (Å²) in [5.41, 5.74) is 7.85. The summed E-state index contributed by atoms with van der Waals surface area (Å²) in [6, 6.07) is 9.98. The molecule has 0 unspecified atom stereocenters. The van der Waals surface area contributed by atoms with Gasteiger partial charge in [-0.1, -0.05) is 33.2 Å². The van der Waals surface area contributed by atoms with Gasteiger partial charge < -0.3 is 10.3 Å². The first-order valence-electron chi connectivity index (χ1n) is 6.03. The van der Waals surface area contributed by atoms with Crippen molar-refractivity contribution in [2.24, 2.45) is 0 Å². The van der Waals surface area contributed by atoms with Gasteiger partial charge in [0, 0.05) is 10.0 Å². The van der Waals surface area contributed by atoms with Crippen molar-refractivity contribution in [3.63, 3.8) is 0 Å². The van der Waals surface area contributed by atoms with Gasteiger partial charge >= 0.3 is 0 Å². The molecule has 106 valence electrons. The number of anilines is 1. The summed E-state index contributed by atoms with van der Waals surface area (Å²) in [5, 5.41) is 3.90. The van der Waals surface area contributed by atoms with Gasteiger partial charge in [-0.05, 0) is 35.9 Å². The highest BCUT2D eigenvalue weighted by Crippen LogP contribution is 2.39. The number of aromatic nitrogens is 1. The number of hydrogen-bond acceptors (Lipinski definition) is 3. The van der Waals surface area contributed by atoms with E-state index in [9.17, 15) is 8.78 Å². The van der Waals surface area contributed by atoms with E-state index in [0.29, 0.717) is 26.9 Å². The molecular weight excluding hydrogens is 342 g/mol. The Hall–Kier alpha value is -2.21. The van der Waals surface area contributed by atoms with E-state index in [1.165, 1.54) is 24.3 Å². The lowest BCUT2D eigenvalue weighted by atomic mass is 10.0. The molecule has 0 aliphatic heterocycles. The van der Waals surface area contributed by atoms with Crippen LogP contribution in [0.15, 0.2) is 51.5 Å². The molecular formula is C15H9BrF2N2O. The van der Waals surface area contributed by atoms with Gasteiger partial charge in [0.15, 0.2) is 0 Å². The predicted octanol–water partition coefficient (Wildman–Crippen LogP) is 4.63. The summed E-state index contributed by atoms with van der Waals surface area (Å²) >= 11 is 3.35. The highest BCUT2D eigenvalue weighted by atomic mass is 79.9. The number of nitrogens with zero attached hydrogens (tertiary/aromatic N) is 1. The van der Waals surface area contributed by atoms with Crippen LogP contribution in [0.4, 0.5) is 14.7 Å². The highest BCUT2D eigenvalue weighted by molar-refractivity contribution is 9.10. The van der Waals surface area contributed by atoms with Crippen molar-refractivity contribution in [3.8, 4) is 22.4 Å². The zero-order valence-electron chi connectivity index (χ0n) is 10.6. The molecule has 0 atom stereocenters. The number of halogens is 3. The van der Waals surface area contributed by atoms with Gasteiger partial charge in [-0.15, -0.1) is 0 Å². The normalized spacial score (nSPS) is 10.8. The first-order chi connectivity index (χ1) is 10.1. The predicted molar refractivity (Wildman–Crippen MR) is 79.4 cm³/mol. The van der Waals surface area contributed by atoms with Crippen molar-refractivity contribution in [3.05, 3.63) is 58.6 Å². The summed E-state index contributed by atoms with van der Waals surface area (Å²) in [5.74, 6) is -0.671. The molecule has 0 saturated carbocycles. The Balaban J connectivity index is 2.21. The van der Waals surface area contributed by atoms with Crippen LogP contribution < -0.4 is 5.73 Å². The average molecular weight is 351 g/mol. The van der Waals surface area contributed by atoms with Gasteiger partial charge in [-0.2, -0.15) is 0 Å². The Bertz CT molecular complexity index is 800. The number of hydrogen-bond donors (Lipinski definition) is 1. The van der Waals surface area contributed by atoms with Crippen LogP contribution in [-0.4, -0.2) is 5.16 Å². The monoisotopic (exact) mass is 350 g/mol. The standard InChI is InChI=1S/C15H9BrF2N2O/c16-12-6-5-10(18)7-11(12)14-13(15(19)21-20-14)8-1-3-9(17)4-2-8/h1-7H,19H2. The molecule has 0 aliphatic rings. The molecule has 1 heterocycles. The summed E-state index contributed by atoms with van der Waals surface area (Å²) in [6.45, 7) is 0. The van der Waals surface area contributed by atoms with E-state index in [2.05, 4.69) is 21.1 Å². The van der Waals surface area contributed by atoms with Crippen molar-refractivity contribution in [1.29, 1.82) is 0 Å². The lowest BCUT2D eigenvalue weighted by Gasteiger charge is -2.05. The Morgan fingerprint density at radius 1 is 1.00 bits per heavy atom. The van der Waals surface area contributed by atoms with Crippen molar-refractivity contribution >= 4 is 21.8 Å². The Morgan fingerprint density at radius 2 is 1.67 bits per heavy atom. The molecule has 2 N–H and O–H groups in total. The van der Waals surface area contributed by atoms with Crippen molar-refractivity contribution < 1.29 is 13.3 Å². The van der Waals surface area contributed by atoms with Crippen molar-refractivity contribution in [1.82, 2.24) is 5.16 Å². The SMILES string of the molecule is Nc1onc(-c2cc(F)ccc2Br)c1-c1ccc(F)cc1. The number of nitrogens with two attached hydrogens (primary N) is 1. The fourth-order valence-corrected chi connectivity index (χ4v) is 2.50. The molecule has 3 aromatic rings. The molecule has 3 rings (SSSR count). The van der Waals surface area contributed by atoms with Gasteiger partial charge in [0.1, 0.15) is 17.3 Å². The van der Waals surface area contributed by atoms with Gasteiger partial charge in [-0.3, -0.25) is 0 Å². The topological polar surface area (TPSA) is 52.0 Å². The zero-order valence-corrected chi connectivity index (χ0v) is 12.2. The smallest absolute Gasteiger partial charge is 0.230 e. The van der Waals surface area contributed by atoms with Crippen LogP contribution in [0.1, 0.15) is 0 Å². The zero-order chi connectivity index (χ0) is 15.0. The van der Waals surface area contributed by atoms with Crippen molar-refractivity contribution in [2.75, 3.05) is 5.73 Å². The molecule has 1 aromatic heterocycles. The van der Waals surface area contributed by atoms with E-state index in [0.717, 1.165) is 0 Å². The largest absolute Gasteiger partial charge is 0.367 e. The minimum atomic E-state index is -0.403. The average Bonchev–Trinajstić information content (AvgIpc) is 2.84. The van der Waals surface area contributed by atoms with Crippen molar-refractivity contribution in [2.45, 2.75) is 0 Å². The van der Waals surface area contributed by atoms with Gasteiger partial charge in [-0.25, -0.2) is 8.78 Å². The minimum absolute atomic E-state index is 0.0905. The molecule has 0 spiro atoms. The fraction of sp³-hybridized carbons (Fsp3) is 0. The Labute approximate surface area is 127 Å². The van der Waals surface area contributed by atoms with Crippen LogP contribution in [0.3, 0.4) is 0 Å². The molecule has 0 bridgehead atoms. The number of rotatable bonds is 2. The third-order valence-corrected chi connectivity index (χ3v) is 3.73. The molecule has 0 amide bonds. The second-order valence-corrected chi connectivity index (χ2v) is 5.26. The van der Waals surface area contributed by atoms with Crippen LogP contribution in [0.2, 0.25) is 0 Å². The highest BCUT2D eigenvalue weighted by Gasteiger charge is 2.19. The molecule has 0 saturated heterocycles. The molecule has 0 fully saturated rings. The first kappa shape index (κ1) is 13.8. The maximum atomic E-state index is 13.5. The van der Waals surface area contributed by atoms with Gasteiger partial charge in [0.25, 0.3) is 0 Å². The maximum absolute atomic E-state index is 13.5. The molecule has 6 heteroatoms. The van der Waals surface area contributed by atoms with Gasteiger partial charge in [0.05, 0.1) is 5.56 Å². The van der Waals surface area contributed by atoms with E-state index >= 15 is 0 Å². The summed E-state index contributed by atoms with van der Waals surface area (Å²) in [4.78, 5) is 0. The lowest BCUT2D eigenvalue weighted by Crippen LogP contribution is -1.89. The Kier molecular flexibility index (Phi) is 3.47. The van der Waals surface area contributed by atoms with E-state index in [1.807, 2.05) is 0 Å². The van der Waals surface area contributed by atoms with Crippen LogP contribution in [0, 0.1) is 11.6 Å². The van der Waals surface area contributed by atoms with Crippen LogP contribution in [-0.2, 0) is 0 Å². The summed E-state index contributed by atoms with van der Waals surface area (Å²) in [6.07, 6.45) is 0. The van der Waals surface area contributed by atoms with E-state index < -0.39 is 5.82 Å².